The minimum Gasteiger partial charge on any atom is -0.494 e. The number of benzene rings is 1. The summed E-state index contributed by atoms with van der Waals surface area (Å²) in [5, 5.41) is 14.4. The van der Waals surface area contributed by atoms with Crippen LogP contribution in [0.15, 0.2) is 29.6 Å². The van der Waals surface area contributed by atoms with E-state index in [2.05, 4.69) is 10.3 Å². The molecule has 0 bridgehead atoms. The molecule has 1 aromatic carbocycles. The number of rotatable bonds is 7. The maximum atomic E-state index is 12.4. The number of amides is 1. The highest BCUT2D eigenvalue weighted by atomic mass is 32.1. The van der Waals surface area contributed by atoms with E-state index in [4.69, 9.17) is 9.84 Å². The van der Waals surface area contributed by atoms with Gasteiger partial charge in [0.15, 0.2) is 0 Å². The molecule has 1 aromatic heterocycles. The second-order valence-electron chi connectivity index (χ2n) is 6.15. The summed E-state index contributed by atoms with van der Waals surface area (Å²) in [5.74, 6) is -0.413. The Hall–Kier alpha value is -2.41. The molecule has 0 unspecified atom stereocenters. The summed E-state index contributed by atoms with van der Waals surface area (Å²) in [4.78, 5) is 27.8. The van der Waals surface area contributed by atoms with E-state index < -0.39 is 11.5 Å². The summed E-state index contributed by atoms with van der Waals surface area (Å²) in [6, 6.07) is 7.55. The fourth-order valence-electron chi connectivity index (χ4n) is 2.91. The zero-order chi connectivity index (χ0) is 17.9. The van der Waals surface area contributed by atoms with E-state index in [-0.39, 0.29) is 12.3 Å². The zero-order valence-electron chi connectivity index (χ0n) is 13.9. The zero-order valence-corrected chi connectivity index (χ0v) is 14.8. The Kier molecular flexibility index (Phi) is 5.03. The van der Waals surface area contributed by atoms with Gasteiger partial charge in [-0.15, -0.1) is 11.3 Å². The summed E-state index contributed by atoms with van der Waals surface area (Å²) in [6.07, 6.45) is 2.28. The van der Waals surface area contributed by atoms with Gasteiger partial charge in [-0.05, 0) is 50.5 Å². The highest BCUT2D eigenvalue weighted by Gasteiger charge is 2.40. The molecule has 1 amide bonds. The van der Waals surface area contributed by atoms with Gasteiger partial charge in [-0.25, -0.2) is 4.98 Å². The number of carbonyl (C=O) groups is 2. The molecule has 2 N–H and O–H groups in total. The Morgan fingerprint density at radius 1 is 1.32 bits per heavy atom. The van der Waals surface area contributed by atoms with E-state index in [1.54, 1.807) is 5.38 Å². The summed E-state index contributed by atoms with van der Waals surface area (Å²) in [7, 11) is 0. The molecule has 25 heavy (non-hydrogen) atoms. The van der Waals surface area contributed by atoms with Gasteiger partial charge in [0.05, 0.1) is 18.6 Å². The summed E-state index contributed by atoms with van der Waals surface area (Å²) in [5.41, 5.74) is 0.619. The minimum absolute atomic E-state index is 0.0470. The van der Waals surface area contributed by atoms with Crippen LogP contribution in [0.2, 0.25) is 0 Å². The average Bonchev–Trinajstić information content (AvgIpc) is 3.03. The SMILES string of the molecule is CCOc1ccc(-c2nc(C(=O)NC3(CC(=O)O)CCC3)cs2)cc1. The maximum absolute atomic E-state index is 12.4. The van der Waals surface area contributed by atoms with Gasteiger partial charge >= 0.3 is 5.97 Å². The molecular formula is C18H20N2O4S. The van der Waals surface area contributed by atoms with Crippen LogP contribution < -0.4 is 10.1 Å². The third kappa shape index (κ3) is 3.99. The van der Waals surface area contributed by atoms with E-state index in [1.807, 2.05) is 31.2 Å². The number of ether oxygens (including phenoxy) is 1. The van der Waals surface area contributed by atoms with Crippen molar-refractivity contribution in [3.05, 3.63) is 35.3 Å². The van der Waals surface area contributed by atoms with Crippen molar-refractivity contribution in [1.29, 1.82) is 0 Å². The molecule has 6 nitrogen and oxygen atoms in total. The second-order valence-corrected chi connectivity index (χ2v) is 7.01. The maximum Gasteiger partial charge on any atom is 0.305 e. The normalized spacial score (nSPS) is 15.2. The van der Waals surface area contributed by atoms with Crippen LogP contribution in [-0.2, 0) is 4.79 Å². The Bertz CT molecular complexity index is 766. The van der Waals surface area contributed by atoms with Gasteiger partial charge in [0.25, 0.3) is 5.91 Å². The molecular weight excluding hydrogens is 340 g/mol. The van der Waals surface area contributed by atoms with Gasteiger partial charge in [0, 0.05) is 10.9 Å². The molecule has 0 spiro atoms. The predicted molar refractivity (Wildman–Crippen MR) is 95.0 cm³/mol. The molecule has 0 radical (unpaired) electrons. The Labute approximate surface area is 149 Å². The third-order valence-electron chi connectivity index (χ3n) is 4.33. The number of aromatic nitrogens is 1. The number of nitrogens with one attached hydrogen (secondary N) is 1. The lowest BCUT2D eigenvalue weighted by molar-refractivity contribution is -0.139. The van der Waals surface area contributed by atoms with Gasteiger partial charge in [-0.3, -0.25) is 9.59 Å². The largest absolute Gasteiger partial charge is 0.494 e. The van der Waals surface area contributed by atoms with Gasteiger partial charge in [-0.1, -0.05) is 0 Å². The summed E-state index contributed by atoms with van der Waals surface area (Å²) < 4.78 is 5.42. The van der Waals surface area contributed by atoms with Crippen molar-refractivity contribution in [1.82, 2.24) is 10.3 Å². The number of aliphatic carboxylic acids is 1. The predicted octanol–water partition coefficient (Wildman–Crippen LogP) is 3.34. The minimum atomic E-state index is -0.895. The fraction of sp³-hybridized carbons (Fsp3) is 0.389. The number of thiazole rings is 1. The smallest absolute Gasteiger partial charge is 0.305 e. The topological polar surface area (TPSA) is 88.5 Å². The first-order chi connectivity index (χ1) is 12.0. The lowest BCUT2D eigenvalue weighted by atomic mass is 9.74. The van der Waals surface area contributed by atoms with E-state index in [0.29, 0.717) is 25.1 Å². The van der Waals surface area contributed by atoms with Crippen LogP contribution >= 0.6 is 11.3 Å². The highest BCUT2D eigenvalue weighted by molar-refractivity contribution is 7.13. The van der Waals surface area contributed by atoms with Crippen molar-refractivity contribution < 1.29 is 19.4 Å². The molecule has 0 atom stereocenters. The second kappa shape index (κ2) is 7.23. The molecule has 1 aliphatic rings. The van der Waals surface area contributed by atoms with E-state index in [1.165, 1.54) is 11.3 Å². The van der Waals surface area contributed by atoms with Crippen molar-refractivity contribution in [3.63, 3.8) is 0 Å². The van der Waals surface area contributed by atoms with Crippen LogP contribution in [0.4, 0.5) is 0 Å². The summed E-state index contributed by atoms with van der Waals surface area (Å²) >= 11 is 1.39. The van der Waals surface area contributed by atoms with Gasteiger partial charge < -0.3 is 15.2 Å². The van der Waals surface area contributed by atoms with Crippen LogP contribution in [0.5, 0.6) is 5.75 Å². The molecule has 7 heteroatoms. The molecule has 132 valence electrons. The number of carboxylic acid groups (broad SMARTS) is 1. The van der Waals surface area contributed by atoms with Crippen LogP contribution in [0.3, 0.4) is 0 Å². The molecule has 1 fully saturated rings. The number of hydrogen-bond acceptors (Lipinski definition) is 5. The molecule has 1 saturated carbocycles. The van der Waals surface area contributed by atoms with E-state index in [9.17, 15) is 9.59 Å². The van der Waals surface area contributed by atoms with Gasteiger partial charge in [-0.2, -0.15) is 0 Å². The fourth-order valence-corrected chi connectivity index (χ4v) is 3.72. The number of nitrogens with zero attached hydrogens (tertiary/aromatic N) is 1. The van der Waals surface area contributed by atoms with Crippen molar-refractivity contribution in [2.45, 2.75) is 38.1 Å². The van der Waals surface area contributed by atoms with Gasteiger partial charge in [0.2, 0.25) is 0 Å². The van der Waals surface area contributed by atoms with Crippen molar-refractivity contribution in [2.24, 2.45) is 0 Å². The lowest BCUT2D eigenvalue weighted by Crippen LogP contribution is -2.54. The van der Waals surface area contributed by atoms with Crippen LogP contribution in [0, 0.1) is 0 Å². The molecule has 3 rings (SSSR count). The summed E-state index contributed by atoms with van der Waals surface area (Å²) in [6.45, 7) is 2.54. The molecule has 0 saturated heterocycles. The molecule has 2 aromatic rings. The lowest BCUT2D eigenvalue weighted by Gasteiger charge is -2.41. The third-order valence-corrected chi connectivity index (χ3v) is 5.22. The number of carboxylic acids is 1. The van der Waals surface area contributed by atoms with Crippen molar-refractivity contribution in [3.8, 4) is 16.3 Å². The van der Waals surface area contributed by atoms with Crippen molar-refractivity contribution in [2.75, 3.05) is 6.61 Å². The number of carbonyl (C=O) groups excluding carboxylic acids is 1. The first-order valence-corrected chi connectivity index (χ1v) is 9.12. The standard InChI is InChI=1S/C18H20N2O4S/c1-2-24-13-6-4-12(5-7-13)17-19-14(11-25-17)16(23)20-18(8-3-9-18)10-15(21)22/h4-7,11H,2-3,8-10H2,1H3,(H,20,23)(H,21,22). The monoisotopic (exact) mass is 360 g/mol. The Morgan fingerprint density at radius 2 is 2.04 bits per heavy atom. The van der Waals surface area contributed by atoms with E-state index >= 15 is 0 Å². The van der Waals surface area contributed by atoms with Crippen LogP contribution in [0.1, 0.15) is 43.1 Å². The van der Waals surface area contributed by atoms with E-state index in [0.717, 1.165) is 22.7 Å². The average molecular weight is 360 g/mol. The Morgan fingerprint density at radius 3 is 2.60 bits per heavy atom. The molecule has 1 aliphatic carbocycles. The highest BCUT2D eigenvalue weighted by Crippen LogP contribution is 2.35. The molecule has 1 heterocycles. The quantitative estimate of drug-likeness (QED) is 0.790. The van der Waals surface area contributed by atoms with Crippen LogP contribution in [-0.4, -0.2) is 34.1 Å². The molecule has 0 aliphatic heterocycles. The first-order valence-electron chi connectivity index (χ1n) is 8.24. The van der Waals surface area contributed by atoms with Crippen LogP contribution in [0.25, 0.3) is 10.6 Å². The Balaban J connectivity index is 1.70. The van der Waals surface area contributed by atoms with Gasteiger partial charge in [0.1, 0.15) is 16.5 Å². The first kappa shape index (κ1) is 17.4. The van der Waals surface area contributed by atoms with Crippen molar-refractivity contribution >= 4 is 23.2 Å². The number of hydrogen-bond donors (Lipinski definition) is 2.